The second-order valence-corrected chi connectivity index (χ2v) is 8.00. The minimum absolute atomic E-state index is 0.0941. The summed E-state index contributed by atoms with van der Waals surface area (Å²) in [4.78, 5) is 0.427. The number of rotatable bonds is 3. The lowest BCUT2D eigenvalue weighted by Gasteiger charge is -2.28. The summed E-state index contributed by atoms with van der Waals surface area (Å²) in [7, 11) is -3.36. The molecule has 0 saturated carbocycles. The monoisotopic (exact) mass is 305 g/mol. The van der Waals surface area contributed by atoms with Crippen molar-refractivity contribution in [2.24, 2.45) is 0 Å². The zero-order valence-corrected chi connectivity index (χ0v) is 13.4. The molecule has 1 aromatic rings. The molecule has 1 atom stereocenters. The maximum atomic E-state index is 12.9. The third kappa shape index (κ3) is 2.92. The summed E-state index contributed by atoms with van der Waals surface area (Å²) in [5.41, 5.74) is 2.43. The minimum atomic E-state index is -3.36. The Morgan fingerprint density at radius 1 is 1.10 bits per heavy atom. The van der Waals surface area contributed by atoms with E-state index in [1.54, 1.807) is 16.4 Å². The van der Waals surface area contributed by atoms with Crippen LogP contribution in [0.4, 0.5) is 0 Å². The van der Waals surface area contributed by atoms with Gasteiger partial charge in [-0.1, -0.05) is 29.3 Å². The molecule has 0 amide bonds. The van der Waals surface area contributed by atoms with E-state index in [1.807, 2.05) is 19.1 Å². The molecular formula is C17H23NO2S. The van der Waals surface area contributed by atoms with E-state index < -0.39 is 10.0 Å². The van der Waals surface area contributed by atoms with Gasteiger partial charge in [0.2, 0.25) is 10.0 Å². The summed E-state index contributed by atoms with van der Waals surface area (Å²) in [6.45, 7) is 2.63. The van der Waals surface area contributed by atoms with Crippen molar-refractivity contribution in [1.29, 1.82) is 0 Å². The topological polar surface area (TPSA) is 37.4 Å². The van der Waals surface area contributed by atoms with Crippen LogP contribution in [-0.2, 0) is 10.0 Å². The molecule has 0 aromatic heterocycles. The van der Waals surface area contributed by atoms with Gasteiger partial charge in [-0.15, -0.1) is 0 Å². The van der Waals surface area contributed by atoms with Crippen LogP contribution < -0.4 is 0 Å². The van der Waals surface area contributed by atoms with Gasteiger partial charge in [0, 0.05) is 12.6 Å². The van der Waals surface area contributed by atoms with Crippen LogP contribution in [0.25, 0.3) is 0 Å². The molecule has 1 heterocycles. The molecule has 0 N–H and O–H groups in total. The van der Waals surface area contributed by atoms with Crippen LogP contribution in [0.2, 0.25) is 0 Å². The van der Waals surface area contributed by atoms with Crippen LogP contribution >= 0.6 is 0 Å². The van der Waals surface area contributed by atoms with Crippen molar-refractivity contribution >= 4 is 10.0 Å². The summed E-state index contributed by atoms with van der Waals surface area (Å²) in [5, 5.41) is 0. The van der Waals surface area contributed by atoms with Gasteiger partial charge >= 0.3 is 0 Å². The van der Waals surface area contributed by atoms with E-state index in [4.69, 9.17) is 0 Å². The van der Waals surface area contributed by atoms with E-state index in [0.717, 1.165) is 31.2 Å². The summed E-state index contributed by atoms with van der Waals surface area (Å²) in [6, 6.07) is 7.30. The van der Waals surface area contributed by atoms with Crippen molar-refractivity contribution in [3.05, 3.63) is 41.5 Å². The Morgan fingerprint density at radius 2 is 1.86 bits per heavy atom. The van der Waals surface area contributed by atoms with E-state index in [2.05, 4.69) is 6.08 Å². The Kier molecular flexibility index (Phi) is 4.18. The van der Waals surface area contributed by atoms with E-state index in [9.17, 15) is 8.42 Å². The van der Waals surface area contributed by atoms with E-state index in [-0.39, 0.29) is 6.04 Å². The average Bonchev–Trinajstić information content (AvgIpc) is 2.99. The molecule has 1 saturated heterocycles. The van der Waals surface area contributed by atoms with Crippen molar-refractivity contribution in [2.45, 2.75) is 56.4 Å². The van der Waals surface area contributed by atoms with Crippen molar-refractivity contribution < 1.29 is 8.42 Å². The number of hydrogen-bond donors (Lipinski definition) is 0. The van der Waals surface area contributed by atoms with Crippen molar-refractivity contribution in [3.63, 3.8) is 0 Å². The molecule has 2 aliphatic rings. The molecule has 0 spiro atoms. The molecule has 1 unspecified atom stereocenters. The number of aryl methyl sites for hydroxylation is 1. The number of nitrogens with zero attached hydrogens (tertiary/aromatic N) is 1. The van der Waals surface area contributed by atoms with Gasteiger partial charge < -0.3 is 0 Å². The molecule has 3 rings (SSSR count). The van der Waals surface area contributed by atoms with Gasteiger partial charge in [-0.2, -0.15) is 4.31 Å². The predicted octanol–water partition coefficient (Wildman–Crippen LogP) is 3.65. The van der Waals surface area contributed by atoms with Gasteiger partial charge in [0.05, 0.1) is 4.90 Å². The summed E-state index contributed by atoms with van der Waals surface area (Å²) in [5.74, 6) is 0. The fourth-order valence-corrected chi connectivity index (χ4v) is 5.11. The largest absolute Gasteiger partial charge is 0.243 e. The summed E-state index contributed by atoms with van der Waals surface area (Å²) >= 11 is 0. The first-order chi connectivity index (χ1) is 10.1. The molecule has 1 aliphatic carbocycles. The van der Waals surface area contributed by atoms with Gasteiger partial charge in [0.15, 0.2) is 0 Å². The van der Waals surface area contributed by atoms with Crippen molar-refractivity contribution in [1.82, 2.24) is 4.31 Å². The van der Waals surface area contributed by atoms with Crippen molar-refractivity contribution in [3.8, 4) is 0 Å². The van der Waals surface area contributed by atoms with E-state index in [1.165, 1.54) is 18.4 Å². The molecular weight excluding hydrogens is 282 g/mol. The first-order valence-corrected chi connectivity index (χ1v) is 9.30. The Labute approximate surface area is 127 Å². The molecule has 114 valence electrons. The lowest BCUT2D eigenvalue weighted by molar-refractivity contribution is 0.408. The van der Waals surface area contributed by atoms with Gasteiger partial charge in [0.1, 0.15) is 0 Å². The molecule has 21 heavy (non-hydrogen) atoms. The average molecular weight is 305 g/mol. The summed E-state index contributed by atoms with van der Waals surface area (Å²) < 4.78 is 27.5. The fourth-order valence-electron chi connectivity index (χ4n) is 3.41. The van der Waals surface area contributed by atoms with Crippen LogP contribution in [0.5, 0.6) is 0 Å². The Hall–Kier alpha value is -1.13. The maximum Gasteiger partial charge on any atom is 0.243 e. The Balaban J connectivity index is 1.90. The van der Waals surface area contributed by atoms with Crippen LogP contribution in [0.3, 0.4) is 0 Å². The standard InChI is InChI=1S/C17H23NO2S/c1-14-9-11-16(12-10-14)21(19,20)18-13-5-8-17(18)15-6-3-2-4-7-15/h6,9-12,17H,2-5,7-8,13H2,1H3. The lowest BCUT2D eigenvalue weighted by atomic mass is 9.93. The van der Waals surface area contributed by atoms with Crippen LogP contribution in [0.15, 0.2) is 40.8 Å². The molecule has 1 fully saturated rings. The Morgan fingerprint density at radius 3 is 2.52 bits per heavy atom. The predicted molar refractivity (Wildman–Crippen MR) is 84.6 cm³/mol. The zero-order chi connectivity index (χ0) is 14.9. The number of benzene rings is 1. The molecule has 4 heteroatoms. The Bertz CT molecular complexity index is 631. The second kappa shape index (κ2) is 5.93. The highest BCUT2D eigenvalue weighted by molar-refractivity contribution is 7.89. The highest BCUT2D eigenvalue weighted by Gasteiger charge is 2.37. The zero-order valence-electron chi connectivity index (χ0n) is 12.6. The first kappa shape index (κ1) is 14.8. The van der Waals surface area contributed by atoms with E-state index >= 15 is 0 Å². The minimum Gasteiger partial charge on any atom is -0.207 e. The van der Waals surface area contributed by atoms with Crippen LogP contribution in [-0.4, -0.2) is 25.3 Å². The van der Waals surface area contributed by atoms with Crippen molar-refractivity contribution in [2.75, 3.05) is 6.54 Å². The van der Waals surface area contributed by atoms with Crippen LogP contribution in [0, 0.1) is 6.92 Å². The van der Waals surface area contributed by atoms with Gasteiger partial charge in [-0.25, -0.2) is 8.42 Å². The molecule has 1 aliphatic heterocycles. The summed E-state index contributed by atoms with van der Waals surface area (Å²) in [6.07, 6.45) is 8.80. The smallest absolute Gasteiger partial charge is 0.207 e. The molecule has 3 nitrogen and oxygen atoms in total. The lowest BCUT2D eigenvalue weighted by Crippen LogP contribution is -2.37. The van der Waals surface area contributed by atoms with E-state index in [0.29, 0.717) is 11.4 Å². The fraction of sp³-hybridized carbons (Fsp3) is 0.529. The molecule has 0 bridgehead atoms. The number of allylic oxidation sites excluding steroid dienone is 1. The number of sulfonamides is 1. The quantitative estimate of drug-likeness (QED) is 0.799. The first-order valence-electron chi connectivity index (χ1n) is 7.86. The molecule has 0 radical (unpaired) electrons. The normalized spacial score (nSPS) is 24.0. The third-order valence-corrected chi connectivity index (χ3v) is 6.51. The van der Waals surface area contributed by atoms with Gasteiger partial charge in [-0.3, -0.25) is 0 Å². The SMILES string of the molecule is Cc1ccc(S(=O)(=O)N2CCCC2C2=CCCCC2)cc1. The van der Waals surface area contributed by atoms with Gasteiger partial charge in [-0.05, 0) is 57.6 Å². The second-order valence-electron chi connectivity index (χ2n) is 6.11. The maximum absolute atomic E-state index is 12.9. The highest BCUT2D eigenvalue weighted by Crippen LogP contribution is 2.34. The van der Waals surface area contributed by atoms with Crippen LogP contribution in [0.1, 0.15) is 44.1 Å². The highest BCUT2D eigenvalue weighted by atomic mass is 32.2. The van der Waals surface area contributed by atoms with Gasteiger partial charge in [0.25, 0.3) is 0 Å². The third-order valence-electron chi connectivity index (χ3n) is 4.59. The molecule has 1 aromatic carbocycles. The number of hydrogen-bond acceptors (Lipinski definition) is 2.